The number of nitrogen functional groups attached to an aromatic ring is 1. The molecule has 3 heterocycles. The Morgan fingerprint density at radius 3 is 2.91 bits per heavy atom. The van der Waals surface area contributed by atoms with Crippen LogP contribution in [0.5, 0.6) is 0 Å². The average Bonchev–Trinajstić information content (AvgIpc) is 2.89. The number of hydrogen-bond acceptors (Lipinski definition) is 8. The first-order valence-electron chi connectivity index (χ1n) is 11.3. The quantitative estimate of drug-likeness (QED) is 0.564. The van der Waals surface area contributed by atoms with Gasteiger partial charge in [0, 0.05) is 24.8 Å². The molecule has 3 aromatic rings. The lowest BCUT2D eigenvalue weighted by Gasteiger charge is -2.30. The minimum atomic E-state index is -0.449. The summed E-state index contributed by atoms with van der Waals surface area (Å²) in [5.74, 6) is -0.394. The van der Waals surface area contributed by atoms with E-state index in [1.54, 1.807) is 18.6 Å². The van der Waals surface area contributed by atoms with Crippen LogP contribution in [0.1, 0.15) is 40.6 Å². The molecule has 2 aliphatic rings. The number of fused-ring (bicyclic) bond motifs is 1. The van der Waals surface area contributed by atoms with Crippen LogP contribution in [0.15, 0.2) is 42.9 Å². The lowest BCUT2D eigenvalue weighted by atomic mass is 9.87. The summed E-state index contributed by atoms with van der Waals surface area (Å²) < 4.78 is 10.6. The molecule has 2 radical (unpaired) electrons. The van der Waals surface area contributed by atoms with Gasteiger partial charge in [0.2, 0.25) is 0 Å². The van der Waals surface area contributed by atoms with E-state index >= 15 is 0 Å². The van der Waals surface area contributed by atoms with Crippen molar-refractivity contribution in [1.82, 2.24) is 15.0 Å². The second-order valence-corrected chi connectivity index (χ2v) is 8.37. The molecule has 0 saturated carbocycles. The highest BCUT2D eigenvalue weighted by Gasteiger charge is 2.22. The maximum Gasteiger partial charge on any atom is 0.283 e. The molecular weight excluding hydrogens is 431 g/mol. The molecule has 10 heteroatoms. The second kappa shape index (κ2) is 9.78. The number of ether oxygens (including phenoxy) is 1. The molecule has 2 aromatic heterocycles. The van der Waals surface area contributed by atoms with Gasteiger partial charge in [0.05, 0.1) is 48.8 Å². The van der Waals surface area contributed by atoms with E-state index in [1.165, 1.54) is 5.56 Å². The maximum absolute atomic E-state index is 13.2. The number of carbonyl (C=O) groups is 1. The Morgan fingerprint density at radius 2 is 2.09 bits per heavy atom. The van der Waals surface area contributed by atoms with Gasteiger partial charge in [-0.25, -0.2) is 9.97 Å². The summed E-state index contributed by atoms with van der Waals surface area (Å²) >= 11 is 0. The van der Waals surface area contributed by atoms with Crippen molar-refractivity contribution in [3.8, 4) is 11.3 Å². The van der Waals surface area contributed by atoms with E-state index in [0.717, 1.165) is 49.2 Å². The van der Waals surface area contributed by atoms with Crippen LogP contribution in [-0.2, 0) is 15.8 Å². The van der Waals surface area contributed by atoms with Crippen molar-refractivity contribution < 1.29 is 14.2 Å². The number of nitrogens with two attached hydrogens (primary N) is 1. The van der Waals surface area contributed by atoms with Crippen LogP contribution in [0.3, 0.4) is 0 Å². The molecule has 1 fully saturated rings. The lowest BCUT2D eigenvalue weighted by Crippen LogP contribution is -2.36. The number of amides is 1. The summed E-state index contributed by atoms with van der Waals surface area (Å²) in [6.45, 7) is 2.73. The Kier molecular flexibility index (Phi) is 6.42. The molecule has 1 amide bonds. The van der Waals surface area contributed by atoms with E-state index in [4.69, 9.17) is 23.2 Å². The number of anilines is 3. The number of pyridine rings is 1. The Morgan fingerprint density at radius 1 is 1.24 bits per heavy atom. The molecule has 1 atom stereocenters. The van der Waals surface area contributed by atoms with Gasteiger partial charge in [0.1, 0.15) is 0 Å². The minimum Gasteiger partial charge on any atom is -0.441 e. The summed E-state index contributed by atoms with van der Waals surface area (Å²) in [6.07, 6.45) is 7.60. The lowest BCUT2D eigenvalue weighted by molar-refractivity contribution is 0.102. The van der Waals surface area contributed by atoms with Crippen LogP contribution in [0.4, 0.5) is 17.2 Å². The first-order chi connectivity index (χ1) is 16.6. The number of aromatic nitrogens is 3. The normalized spacial score (nSPS) is 17.8. The fourth-order valence-electron chi connectivity index (χ4n) is 4.51. The van der Waals surface area contributed by atoms with Crippen LogP contribution in [0, 0.1) is 0 Å². The predicted octanol–water partition coefficient (Wildman–Crippen LogP) is 2.69. The molecule has 1 aliphatic carbocycles. The first kappa shape index (κ1) is 22.3. The Balaban J connectivity index is 1.43. The third kappa shape index (κ3) is 4.46. The Labute approximate surface area is 199 Å². The van der Waals surface area contributed by atoms with Crippen molar-refractivity contribution in [2.24, 2.45) is 0 Å². The number of benzene rings is 1. The molecule has 1 unspecified atom stereocenters. The molecule has 1 saturated heterocycles. The van der Waals surface area contributed by atoms with Gasteiger partial charge >= 0.3 is 0 Å². The second-order valence-electron chi connectivity index (χ2n) is 8.37. The maximum atomic E-state index is 13.2. The van der Waals surface area contributed by atoms with Crippen molar-refractivity contribution in [1.29, 1.82) is 0 Å². The molecule has 0 spiro atoms. The summed E-state index contributed by atoms with van der Waals surface area (Å²) in [6, 6.07) is 7.90. The zero-order valence-corrected chi connectivity index (χ0v) is 18.7. The molecule has 0 bridgehead atoms. The smallest absolute Gasteiger partial charge is 0.283 e. The molecule has 3 N–H and O–H groups in total. The summed E-state index contributed by atoms with van der Waals surface area (Å²) in [5.41, 5.74) is 11.2. The monoisotopic (exact) mass is 456 g/mol. The number of nitrogens with one attached hydrogen (secondary N) is 1. The van der Waals surface area contributed by atoms with E-state index in [9.17, 15) is 4.79 Å². The van der Waals surface area contributed by atoms with Gasteiger partial charge in [-0.15, -0.1) is 0 Å². The van der Waals surface area contributed by atoms with Gasteiger partial charge in [-0.1, -0.05) is 12.1 Å². The molecule has 1 aromatic carbocycles. The number of rotatable bonds is 5. The zero-order valence-electron chi connectivity index (χ0n) is 18.7. The van der Waals surface area contributed by atoms with Gasteiger partial charge in [-0.3, -0.25) is 9.78 Å². The average molecular weight is 456 g/mol. The van der Waals surface area contributed by atoms with Gasteiger partial charge in [-0.2, -0.15) is 0 Å². The standard InChI is InChI=1S/C24H25BN6O3/c25-34-21-3-1-2-15-4-5-16(12-17(15)21)18-14-28-23(26)22(29-18)24(32)30-19-13-27-7-6-20(19)31-8-10-33-11-9-31/h4-7,12-14,21H,1-3,8-11H2,(H2,26,28)(H,30,32). The number of morpholine rings is 1. The van der Waals surface area contributed by atoms with Gasteiger partial charge < -0.3 is 25.3 Å². The third-order valence-electron chi connectivity index (χ3n) is 6.28. The van der Waals surface area contributed by atoms with Crippen LogP contribution >= 0.6 is 0 Å². The Hall–Kier alpha value is -3.50. The Bertz CT molecular complexity index is 1200. The third-order valence-corrected chi connectivity index (χ3v) is 6.28. The molecule has 9 nitrogen and oxygen atoms in total. The van der Waals surface area contributed by atoms with E-state index in [0.29, 0.717) is 24.6 Å². The number of nitrogens with zero attached hydrogens (tertiary/aromatic N) is 4. The van der Waals surface area contributed by atoms with Crippen LogP contribution < -0.4 is 16.0 Å². The molecule has 1 aliphatic heterocycles. The molecular formula is C24H25BN6O3. The van der Waals surface area contributed by atoms with Crippen molar-refractivity contribution in [2.45, 2.75) is 25.4 Å². The summed E-state index contributed by atoms with van der Waals surface area (Å²) in [7, 11) is 5.52. The van der Waals surface area contributed by atoms with E-state index in [1.807, 2.05) is 18.2 Å². The van der Waals surface area contributed by atoms with Crippen LogP contribution in [0.2, 0.25) is 0 Å². The molecule has 172 valence electrons. The topological polar surface area (TPSA) is 115 Å². The number of carbonyl (C=O) groups excluding carboxylic acids is 1. The van der Waals surface area contributed by atoms with Gasteiger partial charge in [0.15, 0.2) is 11.5 Å². The SMILES string of the molecule is [B]OC1CCCc2ccc(-c3cnc(N)c(C(=O)Nc4cnccc4N4CCOCC4)n3)cc21. The van der Waals surface area contributed by atoms with Crippen molar-refractivity contribution in [3.63, 3.8) is 0 Å². The molecule has 34 heavy (non-hydrogen) atoms. The highest BCUT2D eigenvalue weighted by molar-refractivity contribution is 6.07. The van der Waals surface area contributed by atoms with E-state index in [2.05, 4.69) is 31.2 Å². The van der Waals surface area contributed by atoms with Crippen molar-refractivity contribution in [2.75, 3.05) is 42.3 Å². The van der Waals surface area contributed by atoms with Gasteiger partial charge in [-0.05, 0) is 42.5 Å². The summed E-state index contributed by atoms with van der Waals surface area (Å²) in [5, 5.41) is 2.91. The van der Waals surface area contributed by atoms with E-state index in [-0.39, 0.29) is 17.6 Å². The minimum absolute atomic E-state index is 0.0543. The van der Waals surface area contributed by atoms with Crippen molar-refractivity contribution >= 4 is 31.1 Å². The van der Waals surface area contributed by atoms with Crippen LogP contribution in [-0.4, -0.2) is 55.2 Å². The summed E-state index contributed by atoms with van der Waals surface area (Å²) in [4.78, 5) is 28.3. The van der Waals surface area contributed by atoms with Crippen LogP contribution in [0.25, 0.3) is 11.3 Å². The fourth-order valence-corrected chi connectivity index (χ4v) is 4.51. The molecule has 5 rings (SSSR count). The zero-order chi connectivity index (χ0) is 23.5. The predicted molar refractivity (Wildman–Crippen MR) is 130 cm³/mol. The van der Waals surface area contributed by atoms with E-state index < -0.39 is 5.91 Å². The number of hydrogen-bond donors (Lipinski definition) is 2. The highest BCUT2D eigenvalue weighted by atomic mass is 16.5. The number of aryl methyl sites for hydroxylation is 1. The highest BCUT2D eigenvalue weighted by Crippen LogP contribution is 2.34. The van der Waals surface area contributed by atoms with Gasteiger partial charge in [0.25, 0.3) is 14.0 Å². The first-order valence-corrected chi connectivity index (χ1v) is 11.3. The largest absolute Gasteiger partial charge is 0.441 e. The van der Waals surface area contributed by atoms with Crippen molar-refractivity contribution in [3.05, 3.63) is 59.7 Å². The fraction of sp³-hybridized carbons (Fsp3) is 0.333.